The number of aryl methyl sites for hydroxylation is 3. The van der Waals surface area contributed by atoms with E-state index >= 15 is 0 Å². The van der Waals surface area contributed by atoms with Gasteiger partial charge in [-0.25, -0.2) is 0 Å². The lowest BCUT2D eigenvalue weighted by atomic mass is 9.85. The molecular weight excluding hydrogens is 232 g/mol. The Labute approximate surface area is 104 Å². The van der Waals surface area contributed by atoms with Crippen molar-refractivity contribution in [2.24, 2.45) is 0 Å². The monoisotopic (exact) mass is 246 g/mol. The number of aromatic nitrogens is 3. The molecule has 0 aliphatic carbocycles. The van der Waals surface area contributed by atoms with E-state index in [-0.39, 0.29) is 11.8 Å². The minimum Gasteiger partial charge on any atom is -0.338 e. The third-order valence-electron chi connectivity index (χ3n) is 3.43. The van der Waals surface area contributed by atoms with Crippen molar-refractivity contribution in [1.29, 1.82) is 0 Å². The van der Waals surface area contributed by atoms with E-state index in [0.29, 0.717) is 12.3 Å². The van der Waals surface area contributed by atoms with Crippen LogP contribution < -0.4 is 5.32 Å². The van der Waals surface area contributed by atoms with Crippen molar-refractivity contribution in [3.63, 3.8) is 0 Å². The fraction of sp³-hybridized carbons (Fsp3) is 0.417. The molecule has 6 heteroatoms. The number of hydrogen-bond donors (Lipinski definition) is 2. The number of carbonyl (C=O) groups excluding carboxylic acids is 1. The molecule has 0 saturated heterocycles. The lowest BCUT2D eigenvalue weighted by molar-refractivity contribution is -0.116. The van der Waals surface area contributed by atoms with E-state index < -0.39 is 0 Å². The molecule has 0 spiro atoms. The summed E-state index contributed by atoms with van der Waals surface area (Å²) in [6.07, 6.45) is 0.399. The van der Waals surface area contributed by atoms with Crippen LogP contribution in [-0.4, -0.2) is 21.3 Å². The van der Waals surface area contributed by atoms with E-state index in [1.807, 2.05) is 20.8 Å². The molecule has 1 amide bonds. The topological polar surface area (TPSA) is 83.8 Å². The zero-order valence-corrected chi connectivity index (χ0v) is 10.5. The third kappa shape index (κ3) is 1.45. The van der Waals surface area contributed by atoms with Gasteiger partial charge in [0.1, 0.15) is 0 Å². The molecule has 2 N–H and O–H groups in total. The van der Waals surface area contributed by atoms with Crippen molar-refractivity contribution < 1.29 is 9.32 Å². The van der Waals surface area contributed by atoms with Gasteiger partial charge in [0.05, 0.1) is 11.4 Å². The van der Waals surface area contributed by atoms with Crippen LogP contribution in [0.25, 0.3) is 0 Å². The molecule has 94 valence electrons. The van der Waals surface area contributed by atoms with Crippen LogP contribution in [0.4, 0.5) is 5.88 Å². The average molecular weight is 246 g/mol. The molecule has 0 unspecified atom stereocenters. The van der Waals surface area contributed by atoms with Crippen LogP contribution in [0.3, 0.4) is 0 Å². The summed E-state index contributed by atoms with van der Waals surface area (Å²) in [7, 11) is 0. The highest BCUT2D eigenvalue weighted by Gasteiger charge is 2.34. The number of aromatic amines is 1. The largest absolute Gasteiger partial charge is 0.338 e. The van der Waals surface area contributed by atoms with Crippen molar-refractivity contribution in [2.45, 2.75) is 33.1 Å². The van der Waals surface area contributed by atoms with Gasteiger partial charge in [0.15, 0.2) is 0 Å². The second-order valence-electron chi connectivity index (χ2n) is 4.66. The molecule has 2 aromatic heterocycles. The van der Waals surface area contributed by atoms with Crippen LogP contribution in [-0.2, 0) is 4.79 Å². The van der Waals surface area contributed by atoms with Crippen LogP contribution >= 0.6 is 0 Å². The van der Waals surface area contributed by atoms with Gasteiger partial charge in [-0.2, -0.15) is 5.10 Å². The summed E-state index contributed by atoms with van der Waals surface area (Å²) in [4.78, 5) is 11.7. The summed E-state index contributed by atoms with van der Waals surface area (Å²) in [6.45, 7) is 5.79. The minimum atomic E-state index is -0.0522. The van der Waals surface area contributed by atoms with E-state index in [1.54, 1.807) is 0 Å². The Balaban J connectivity index is 2.18. The maximum absolute atomic E-state index is 11.7. The molecule has 3 heterocycles. The standard InChI is InChI=1S/C12H14N4O2/c1-5-10(6(2)15-14-5)8-4-9(17)13-12-11(8)7(3)16-18-12/h8H,4H2,1-3H3,(H,13,17)(H,14,15)/t8-/m1/s1. The first kappa shape index (κ1) is 11.0. The van der Waals surface area contributed by atoms with Gasteiger partial charge in [-0.15, -0.1) is 0 Å². The van der Waals surface area contributed by atoms with E-state index in [0.717, 1.165) is 28.2 Å². The highest BCUT2D eigenvalue weighted by atomic mass is 16.5. The lowest BCUT2D eigenvalue weighted by Gasteiger charge is -2.21. The number of nitrogens with zero attached hydrogens (tertiary/aromatic N) is 2. The average Bonchev–Trinajstić information content (AvgIpc) is 2.83. The zero-order chi connectivity index (χ0) is 12.9. The smallest absolute Gasteiger partial charge is 0.235 e. The molecule has 6 nitrogen and oxygen atoms in total. The number of rotatable bonds is 1. The van der Waals surface area contributed by atoms with Crippen molar-refractivity contribution in [2.75, 3.05) is 5.32 Å². The summed E-state index contributed by atoms with van der Waals surface area (Å²) >= 11 is 0. The van der Waals surface area contributed by atoms with E-state index in [2.05, 4.69) is 20.7 Å². The summed E-state index contributed by atoms with van der Waals surface area (Å²) in [5.74, 6) is 0.385. The summed E-state index contributed by atoms with van der Waals surface area (Å²) in [5, 5.41) is 13.8. The Morgan fingerprint density at radius 1 is 1.22 bits per heavy atom. The number of hydrogen-bond acceptors (Lipinski definition) is 4. The predicted octanol–water partition coefficient (Wildman–Crippen LogP) is 1.80. The Bertz CT molecular complexity index is 607. The Hall–Kier alpha value is -2.11. The first-order valence-corrected chi connectivity index (χ1v) is 5.85. The molecule has 2 aromatic rings. The molecule has 0 aromatic carbocycles. The number of H-pyrrole nitrogens is 1. The second-order valence-corrected chi connectivity index (χ2v) is 4.66. The van der Waals surface area contributed by atoms with Crippen molar-refractivity contribution in [1.82, 2.24) is 15.4 Å². The third-order valence-corrected chi connectivity index (χ3v) is 3.43. The first-order valence-electron chi connectivity index (χ1n) is 5.85. The number of fused-ring (bicyclic) bond motifs is 1. The highest BCUT2D eigenvalue weighted by Crippen LogP contribution is 2.40. The normalized spacial score (nSPS) is 18.6. The SMILES string of the molecule is Cc1n[nH]c(C)c1[C@H]1CC(=O)Nc2onc(C)c21. The van der Waals surface area contributed by atoms with Crippen molar-refractivity contribution in [3.05, 3.63) is 28.2 Å². The molecule has 1 aliphatic heterocycles. The molecule has 1 atom stereocenters. The number of amides is 1. The number of anilines is 1. The zero-order valence-electron chi connectivity index (χ0n) is 10.5. The number of carbonyl (C=O) groups is 1. The Morgan fingerprint density at radius 3 is 2.67 bits per heavy atom. The van der Waals surface area contributed by atoms with Gasteiger partial charge in [0.2, 0.25) is 11.8 Å². The fourth-order valence-corrected chi connectivity index (χ4v) is 2.66. The van der Waals surface area contributed by atoms with Gasteiger partial charge in [-0.05, 0) is 20.8 Å². The molecule has 1 aliphatic rings. The first-order chi connectivity index (χ1) is 8.58. The summed E-state index contributed by atoms with van der Waals surface area (Å²) in [5.41, 5.74) is 4.74. The molecule has 18 heavy (non-hydrogen) atoms. The maximum atomic E-state index is 11.7. The number of nitrogens with one attached hydrogen (secondary N) is 2. The highest BCUT2D eigenvalue weighted by molar-refractivity contribution is 5.94. The Kier molecular flexibility index (Phi) is 2.26. The fourth-order valence-electron chi connectivity index (χ4n) is 2.66. The quantitative estimate of drug-likeness (QED) is 0.803. The molecule has 3 rings (SSSR count). The molecular formula is C12H14N4O2. The van der Waals surface area contributed by atoms with Gasteiger partial charge in [0.25, 0.3) is 0 Å². The van der Waals surface area contributed by atoms with Gasteiger partial charge in [-0.3, -0.25) is 15.2 Å². The van der Waals surface area contributed by atoms with E-state index in [4.69, 9.17) is 4.52 Å². The van der Waals surface area contributed by atoms with Crippen LogP contribution in [0.15, 0.2) is 4.52 Å². The predicted molar refractivity (Wildman–Crippen MR) is 64.4 cm³/mol. The van der Waals surface area contributed by atoms with Crippen molar-refractivity contribution in [3.8, 4) is 0 Å². The summed E-state index contributed by atoms with van der Waals surface area (Å²) in [6, 6.07) is 0. The van der Waals surface area contributed by atoms with Crippen LogP contribution in [0.5, 0.6) is 0 Å². The van der Waals surface area contributed by atoms with Gasteiger partial charge in [0, 0.05) is 29.2 Å². The van der Waals surface area contributed by atoms with E-state index in [1.165, 1.54) is 0 Å². The molecule has 0 radical (unpaired) electrons. The van der Waals surface area contributed by atoms with Crippen LogP contribution in [0, 0.1) is 20.8 Å². The Morgan fingerprint density at radius 2 is 2.00 bits per heavy atom. The molecule has 0 saturated carbocycles. The van der Waals surface area contributed by atoms with Crippen LogP contribution in [0.2, 0.25) is 0 Å². The van der Waals surface area contributed by atoms with Crippen LogP contribution in [0.1, 0.15) is 40.5 Å². The lowest BCUT2D eigenvalue weighted by Crippen LogP contribution is -2.23. The molecule has 0 fully saturated rings. The molecule has 0 bridgehead atoms. The van der Waals surface area contributed by atoms with Gasteiger partial charge >= 0.3 is 0 Å². The van der Waals surface area contributed by atoms with Gasteiger partial charge in [-0.1, -0.05) is 5.16 Å². The maximum Gasteiger partial charge on any atom is 0.235 e. The van der Waals surface area contributed by atoms with Gasteiger partial charge < -0.3 is 4.52 Å². The van der Waals surface area contributed by atoms with E-state index in [9.17, 15) is 4.79 Å². The summed E-state index contributed by atoms with van der Waals surface area (Å²) < 4.78 is 5.15. The van der Waals surface area contributed by atoms with Crippen molar-refractivity contribution >= 4 is 11.8 Å². The second kappa shape index (κ2) is 3.69. The minimum absolute atomic E-state index is 0.0289.